The van der Waals surface area contributed by atoms with E-state index in [4.69, 9.17) is 5.73 Å². The normalized spacial score (nSPS) is 17.4. The van der Waals surface area contributed by atoms with Gasteiger partial charge >= 0.3 is 0 Å². The zero-order valence-electron chi connectivity index (χ0n) is 4.67. The van der Waals surface area contributed by atoms with Crippen LogP contribution in [0.1, 0.15) is 6.92 Å². The molecule has 0 aromatic heterocycles. The van der Waals surface area contributed by atoms with E-state index < -0.39 is 0 Å². The Labute approximate surface area is 56.7 Å². The lowest BCUT2D eigenvalue weighted by atomic mass is 10.2. The summed E-state index contributed by atoms with van der Waals surface area (Å²) in [5.41, 5.74) is 5.16. The molecule has 48 valence electrons. The highest BCUT2D eigenvalue weighted by molar-refractivity contribution is 9.09. The number of nitrogens with two attached hydrogens (primary N) is 1. The van der Waals surface area contributed by atoms with Gasteiger partial charge in [0, 0.05) is 11.4 Å². The Kier molecular flexibility index (Phi) is 3.99. The summed E-state index contributed by atoms with van der Waals surface area (Å²) in [7, 11) is 0. The fourth-order valence-electron chi connectivity index (χ4n) is 0.314. The molecule has 2 atom stereocenters. The van der Waals surface area contributed by atoms with Gasteiger partial charge < -0.3 is 5.73 Å². The van der Waals surface area contributed by atoms with Gasteiger partial charge in [0.2, 0.25) is 0 Å². The predicted molar refractivity (Wildman–Crippen MR) is 37.0 cm³/mol. The first-order valence-electron chi connectivity index (χ1n) is 2.39. The van der Waals surface area contributed by atoms with Gasteiger partial charge in [0.25, 0.3) is 0 Å². The molecule has 2 N–H and O–H groups in total. The molecule has 0 rings (SSSR count). The maximum absolute atomic E-state index is 9.82. The lowest BCUT2D eigenvalue weighted by Crippen LogP contribution is -2.24. The molecule has 0 radical (unpaired) electrons. The van der Waals surface area contributed by atoms with Crippen molar-refractivity contribution in [3.8, 4) is 0 Å². The number of nitroso groups, excluding NO2 is 1. The lowest BCUT2D eigenvalue weighted by molar-refractivity contribution is 0.678. The highest BCUT2D eigenvalue weighted by Crippen LogP contribution is 2.05. The molecule has 0 amide bonds. The van der Waals surface area contributed by atoms with Gasteiger partial charge in [-0.25, -0.2) is 0 Å². The molecule has 2 unspecified atom stereocenters. The molecule has 4 heteroatoms. The van der Waals surface area contributed by atoms with Crippen LogP contribution in [-0.4, -0.2) is 17.4 Å². The number of hydrogen-bond donors (Lipinski definition) is 1. The summed E-state index contributed by atoms with van der Waals surface area (Å²) in [6.45, 7) is 2.16. The van der Waals surface area contributed by atoms with Crippen molar-refractivity contribution in [1.82, 2.24) is 0 Å². The zero-order chi connectivity index (χ0) is 6.57. The second-order valence-corrected chi connectivity index (χ2v) is 3.03. The molecule has 0 aliphatic heterocycles. The highest BCUT2D eigenvalue weighted by Gasteiger charge is 2.11. The fraction of sp³-hybridized carbons (Fsp3) is 1.00. The van der Waals surface area contributed by atoms with E-state index in [2.05, 4.69) is 21.1 Å². The maximum atomic E-state index is 9.82. The van der Waals surface area contributed by atoms with E-state index in [0.717, 1.165) is 0 Å². The molecule has 0 spiro atoms. The third-order valence-electron chi connectivity index (χ3n) is 0.907. The Morgan fingerprint density at radius 1 is 1.88 bits per heavy atom. The van der Waals surface area contributed by atoms with Gasteiger partial charge in [0.1, 0.15) is 6.04 Å². The first kappa shape index (κ1) is 8.04. The largest absolute Gasteiger partial charge is 0.328 e. The first-order valence-corrected chi connectivity index (χ1v) is 3.30. The summed E-state index contributed by atoms with van der Waals surface area (Å²) >= 11 is 3.19. The van der Waals surface area contributed by atoms with Crippen molar-refractivity contribution in [2.24, 2.45) is 10.9 Å². The molecule has 0 aromatic rings. The predicted octanol–water partition coefficient (Wildman–Crippen LogP) is 0.863. The lowest BCUT2D eigenvalue weighted by Gasteiger charge is -2.05. The molecular weight excluding hydrogens is 172 g/mol. The van der Waals surface area contributed by atoms with Gasteiger partial charge in [0.15, 0.2) is 0 Å². The number of rotatable bonds is 3. The van der Waals surface area contributed by atoms with Gasteiger partial charge in [-0.05, 0) is 0 Å². The topological polar surface area (TPSA) is 55.4 Å². The first-order chi connectivity index (χ1) is 3.72. The standard InChI is InChI=1S/C4H9BrN2O/c1-3(5)4(2-6)7-8/h3-4H,2,6H2,1H3. The molecular formula is C4H9BrN2O. The Bertz CT molecular complexity index is 76.4. The Balaban J connectivity index is 3.51. The summed E-state index contributed by atoms with van der Waals surface area (Å²) < 4.78 is 0. The van der Waals surface area contributed by atoms with Gasteiger partial charge in [-0.2, -0.15) is 4.91 Å². The Hall–Kier alpha value is 0.0400. The Morgan fingerprint density at radius 3 is 2.38 bits per heavy atom. The molecule has 0 bridgehead atoms. The van der Waals surface area contributed by atoms with Crippen LogP contribution < -0.4 is 5.73 Å². The summed E-state index contributed by atoms with van der Waals surface area (Å²) in [6.07, 6.45) is 0. The van der Waals surface area contributed by atoms with E-state index in [-0.39, 0.29) is 10.9 Å². The van der Waals surface area contributed by atoms with Crippen LogP contribution in [0.2, 0.25) is 0 Å². The smallest absolute Gasteiger partial charge is 0.116 e. The average molecular weight is 181 g/mol. The van der Waals surface area contributed by atoms with Crippen molar-refractivity contribution in [1.29, 1.82) is 0 Å². The van der Waals surface area contributed by atoms with Crippen LogP contribution in [0.3, 0.4) is 0 Å². The summed E-state index contributed by atoms with van der Waals surface area (Å²) in [5.74, 6) is 0. The van der Waals surface area contributed by atoms with Gasteiger partial charge in [-0.3, -0.25) is 0 Å². The van der Waals surface area contributed by atoms with Gasteiger partial charge in [0.05, 0.1) is 0 Å². The molecule has 0 saturated heterocycles. The van der Waals surface area contributed by atoms with Crippen LogP contribution >= 0.6 is 15.9 Å². The SMILES string of the molecule is CC(Br)C(CN)N=O. The average Bonchev–Trinajstić information content (AvgIpc) is 1.69. The van der Waals surface area contributed by atoms with Crippen molar-refractivity contribution < 1.29 is 0 Å². The maximum Gasteiger partial charge on any atom is 0.116 e. The van der Waals surface area contributed by atoms with Gasteiger partial charge in [-0.1, -0.05) is 28.0 Å². The summed E-state index contributed by atoms with van der Waals surface area (Å²) in [5, 5.41) is 2.78. The van der Waals surface area contributed by atoms with Gasteiger partial charge in [-0.15, -0.1) is 0 Å². The van der Waals surface area contributed by atoms with Crippen LogP contribution in [0.15, 0.2) is 5.18 Å². The van der Waals surface area contributed by atoms with Crippen molar-refractivity contribution in [3.05, 3.63) is 4.91 Å². The van der Waals surface area contributed by atoms with Crippen LogP contribution in [0.25, 0.3) is 0 Å². The number of hydrogen-bond acceptors (Lipinski definition) is 3. The number of halogens is 1. The quantitative estimate of drug-likeness (QED) is 0.518. The fourth-order valence-corrected chi connectivity index (χ4v) is 0.627. The third kappa shape index (κ3) is 2.37. The van der Waals surface area contributed by atoms with E-state index in [1.807, 2.05) is 6.92 Å². The minimum absolute atomic E-state index is 0.0880. The van der Waals surface area contributed by atoms with E-state index in [1.54, 1.807) is 0 Å². The molecule has 8 heavy (non-hydrogen) atoms. The minimum atomic E-state index is -0.282. The molecule has 0 aliphatic rings. The minimum Gasteiger partial charge on any atom is -0.328 e. The van der Waals surface area contributed by atoms with Crippen molar-refractivity contribution in [3.63, 3.8) is 0 Å². The van der Waals surface area contributed by atoms with Crippen molar-refractivity contribution >= 4 is 15.9 Å². The number of alkyl halides is 1. The molecule has 0 heterocycles. The molecule has 0 aromatic carbocycles. The second kappa shape index (κ2) is 3.97. The van der Waals surface area contributed by atoms with Crippen LogP contribution in [0.4, 0.5) is 0 Å². The van der Waals surface area contributed by atoms with E-state index in [9.17, 15) is 4.91 Å². The third-order valence-corrected chi connectivity index (χ3v) is 1.52. The zero-order valence-corrected chi connectivity index (χ0v) is 6.26. The molecule has 0 saturated carbocycles. The Morgan fingerprint density at radius 2 is 2.38 bits per heavy atom. The van der Waals surface area contributed by atoms with E-state index >= 15 is 0 Å². The van der Waals surface area contributed by atoms with Crippen LogP contribution in [-0.2, 0) is 0 Å². The van der Waals surface area contributed by atoms with Crippen molar-refractivity contribution in [2.45, 2.75) is 17.8 Å². The molecule has 0 fully saturated rings. The molecule has 0 aliphatic carbocycles. The van der Waals surface area contributed by atoms with E-state index in [1.165, 1.54) is 0 Å². The van der Waals surface area contributed by atoms with Crippen molar-refractivity contribution in [2.75, 3.05) is 6.54 Å². The second-order valence-electron chi connectivity index (χ2n) is 1.59. The molecule has 3 nitrogen and oxygen atoms in total. The monoisotopic (exact) mass is 180 g/mol. The van der Waals surface area contributed by atoms with Crippen LogP contribution in [0, 0.1) is 4.91 Å². The summed E-state index contributed by atoms with van der Waals surface area (Å²) in [6, 6.07) is -0.282. The summed E-state index contributed by atoms with van der Waals surface area (Å²) in [4.78, 5) is 9.91. The van der Waals surface area contributed by atoms with Crippen LogP contribution in [0.5, 0.6) is 0 Å². The van der Waals surface area contributed by atoms with E-state index in [0.29, 0.717) is 6.54 Å². The highest BCUT2D eigenvalue weighted by atomic mass is 79.9. The number of nitrogens with zero attached hydrogens (tertiary/aromatic N) is 1.